The van der Waals surface area contributed by atoms with Crippen LogP contribution < -0.4 is 10.1 Å². The molecule has 0 aliphatic rings. The second-order valence-electron chi connectivity index (χ2n) is 5.45. The highest BCUT2D eigenvalue weighted by atomic mass is 16.5. The largest absolute Gasteiger partial charge is 0.491 e. The third kappa shape index (κ3) is 5.15. The van der Waals surface area contributed by atoms with Gasteiger partial charge in [-0.15, -0.1) is 0 Å². The number of aryl methyl sites for hydroxylation is 1. The van der Waals surface area contributed by atoms with Crippen LogP contribution in [0, 0.1) is 6.92 Å². The molecule has 2 rings (SSSR count). The summed E-state index contributed by atoms with van der Waals surface area (Å²) in [5.41, 5.74) is 1.51. The van der Waals surface area contributed by atoms with E-state index in [4.69, 9.17) is 9.15 Å². The van der Waals surface area contributed by atoms with Crippen LogP contribution in [0.15, 0.2) is 47.3 Å². The first-order chi connectivity index (χ1) is 11.6. The van der Waals surface area contributed by atoms with E-state index in [1.165, 1.54) is 12.5 Å². The first kappa shape index (κ1) is 17.6. The third-order valence-electron chi connectivity index (χ3n) is 3.61. The normalized spacial score (nSPS) is 10.2. The Kier molecular flexibility index (Phi) is 6.42. The number of rotatable bonds is 8. The molecule has 0 atom stereocenters. The van der Waals surface area contributed by atoms with Crippen LogP contribution in [0.2, 0.25) is 0 Å². The summed E-state index contributed by atoms with van der Waals surface area (Å²) in [6.07, 6.45) is 3.04. The molecular formula is C18H22N2O4. The van der Waals surface area contributed by atoms with Crippen LogP contribution in [0.3, 0.4) is 0 Å². The lowest BCUT2D eigenvalue weighted by Crippen LogP contribution is -2.34. The fourth-order valence-electron chi connectivity index (χ4n) is 2.11. The number of hydrogen-bond donors (Lipinski definition) is 1. The van der Waals surface area contributed by atoms with Gasteiger partial charge in [0.05, 0.1) is 18.4 Å². The molecule has 1 aromatic heterocycles. The Hall–Kier alpha value is -2.76. The maximum atomic E-state index is 12.0. The van der Waals surface area contributed by atoms with Crippen LogP contribution in [0.5, 0.6) is 5.75 Å². The minimum absolute atomic E-state index is 0.0455. The molecule has 1 N–H and O–H groups in total. The Morgan fingerprint density at radius 3 is 2.75 bits per heavy atom. The molecule has 0 saturated heterocycles. The molecule has 0 spiro atoms. The standard InChI is InChI=1S/C18H22N2O4/c1-14-5-3-4-6-16(14)24-12-10-20(2)17(21)7-9-19-18(22)15-8-11-23-13-15/h3-6,8,11,13H,7,9-10,12H2,1-2H3,(H,19,22). The van der Waals surface area contributed by atoms with E-state index in [-0.39, 0.29) is 24.8 Å². The number of para-hydroxylation sites is 1. The number of benzene rings is 1. The minimum atomic E-state index is -0.248. The Morgan fingerprint density at radius 1 is 1.25 bits per heavy atom. The lowest BCUT2D eigenvalue weighted by Gasteiger charge is -2.18. The summed E-state index contributed by atoms with van der Waals surface area (Å²) in [5.74, 6) is 0.531. The number of nitrogens with one attached hydrogen (secondary N) is 1. The molecule has 128 valence electrons. The SMILES string of the molecule is Cc1ccccc1OCCN(C)C(=O)CCNC(=O)c1ccoc1. The topological polar surface area (TPSA) is 71.8 Å². The molecule has 0 unspecified atom stereocenters. The average Bonchev–Trinajstić information content (AvgIpc) is 3.11. The highest BCUT2D eigenvalue weighted by Crippen LogP contribution is 2.15. The maximum Gasteiger partial charge on any atom is 0.254 e. The van der Waals surface area contributed by atoms with Crippen molar-refractivity contribution >= 4 is 11.8 Å². The minimum Gasteiger partial charge on any atom is -0.491 e. The molecular weight excluding hydrogens is 308 g/mol. The number of hydrogen-bond acceptors (Lipinski definition) is 4. The van der Waals surface area contributed by atoms with Gasteiger partial charge >= 0.3 is 0 Å². The summed E-state index contributed by atoms with van der Waals surface area (Å²) in [4.78, 5) is 25.3. The summed E-state index contributed by atoms with van der Waals surface area (Å²) >= 11 is 0. The van der Waals surface area contributed by atoms with E-state index >= 15 is 0 Å². The highest BCUT2D eigenvalue weighted by Gasteiger charge is 2.11. The first-order valence-electron chi connectivity index (χ1n) is 7.80. The Labute approximate surface area is 141 Å². The Bertz CT molecular complexity index is 667. The van der Waals surface area contributed by atoms with Gasteiger partial charge in [-0.3, -0.25) is 9.59 Å². The van der Waals surface area contributed by atoms with Crippen LogP contribution in [0.1, 0.15) is 22.3 Å². The van der Waals surface area contributed by atoms with Gasteiger partial charge in [-0.1, -0.05) is 18.2 Å². The van der Waals surface area contributed by atoms with Gasteiger partial charge in [0.25, 0.3) is 5.91 Å². The van der Waals surface area contributed by atoms with E-state index in [0.29, 0.717) is 18.7 Å². The van der Waals surface area contributed by atoms with E-state index in [1.807, 2.05) is 31.2 Å². The maximum absolute atomic E-state index is 12.0. The number of ether oxygens (including phenoxy) is 1. The summed E-state index contributed by atoms with van der Waals surface area (Å²) in [7, 11) is 1.72. The van der Waals surface area contributed by atoms with Crippen molar-refractivity contribution in [3.63, 3.8) is 0 Å². The first-order valence-corrected chi connectivity index (χ1v) is 7.80. The van der Waals surface area contributed by atoms with E-state index in [9.17, 15) is 9.59 Å². The van der Waals surface area contributed by atoms with E-state index in [2.05, 4.69) is 5.32 Å². The zero-order chi connectivity index (χ0) is 17.4. The molecule has 1 aromatic carbocycles. The zero-order valence-electron chi connectivity index (χ0n) is 14.0. The molecule has 24 heavy (non-hydrogen) atoms. The summed E-state index contributed by atoms with van der Waals surface area (Å²) < 4.78 is 10.5. The number of furan rings is 1. The van der Waals surface area contributed by atoms with Crippen LogP contribution in [-0.2, 0) is 4.79 Å². The Balaban J connectivity index is 1.65. The van der Waals surface area contributed by atoms with E-state index in [0.717, 1.165) is 11.3 Å². The number of carbonyl (C=O) groups excluding carboxylic acids is 2. The second kappa shape index (κ2) is 8.76. The van der Waals surface area contributed by atoms with Gasteiger partial charge in [0, 0.05) is 20.0 Å². The number of nitrogens with zero attached hydrogens (tertiary/aromatic N) is 1. The molecule has 1 heterocycles. The molecule has 0 aliphatic heterocycles. The Morgan fingerprint density at radius 2 is 2.04 bits per heavy atom. The highest BCUT2D eigenvalue weighted by molar-refractivity contribution is 5.94. The predicted molar refractivity (Wildman–Crippen MR) is 90.0 cm³/mol. The molecule has 2 aromatic rings. The van der Waals surface area contributed by atoms with Gasteiger partial charge in [0.1, 0.15) is 18.6 Å². The van der Waals surface area contributed by atoms with Crippen molar-refractivity contribution in [3.05, 3.63) is 54.0 Å². The fraction of sp³-hybridized carbons (Fsp3) is 0.333. The van der Waals surface area contributed by atoms with Crippen molar-refractivity contribution in [2.45, 2.75) is 13.3 Å². The van der Waals surface area contributed by atoms with Gasteiger partial charge in [-0.25, -0.2) is 0 Å². The lowest BCUT2D eigenvalue weighted by atomic mass is 10.2. The second-order valence-corrected chi connectivity index (χ2v) is 5.45. The number of carbonyl (C=O) groups is 2. The van der Waals surface area contributed by atoms with E-state index < -0.39 is 0 Å². The molecule has 0 bridgehead atoms. The predicted octanol–water partition coefficient (Wildman–Crippen LogP) is 2.25. The summed E-state index contributed by atoms with van der Waals surface area (Å²) in [5, 5.41) is 2.68. The molecule has 6 nitrogen and oxygen atoms in total. The van der Waals surface area contributed by atoms with Gasteiger partial charge in [-0.05, 0) is 24.6 Å². The molecule has 2 amide bonds. The summed E-state index contributed by atoms with van der Waals surface area (Å²) in [6.45, 7) is 3.18. The van der Waals surface area contributed by atoms with Gasteiger partial charge < -0.3 is 19.4 Å². The van der Waals surface area contributed by atoms with Crippen molar-refractivity contribution in [2.24, 2.45) is 0 Å². The van der Waals surface area contributed by atoms with Crippen molar-refractivity contribution in [2.75, 3.05) is 26.7 Å². The van der Waals surface area contributed by atoms with Crippen LogP contribution in [-0.4, -0.2) is 43.5 Å². The third-order valence-corrected chi connectivity index (χ3v) is 3.61. The van der Waals surface area contributed by atoms with Gasteiger partial charge in [0.15, 0.2) is 0 Å². The monoisotopic (exact) mass is 330 g/mol. The lowest BCUT2D eigenvalue weighted by molar-refractivity contribution is -0.130. The fourth-order valence-corrected chi connectivity index (χ4v) is 2.11. The molecule has 0 radical (unpaired) electrons. The number of likely N-dealkylation sites (N-methyl/N-ethyl adjacent to an activating group) is 1. The quantitative estimate of drug-likeness (QED) is 0.806. The molecule has 0 aliphatic carbocycles. The smallest absolute Gasteiger partial charge is 0.254 e. The zero-order valence-corrected chi connectivity index (χ0v) is 14.0. The number of amides is 2. The van der Waals surface area contributed by atoms with Crippen molar-refractivity contribution in [1.82, 2.24) is 10.2 Å². The van der Waals surface area contributed by atoms with Gasteiger partial charge in [-0.2, -0.15) is 0 Å². The van der Waals surface area contributed by atoms with Crippen LogP contribution >= 0.6 is 0 Å². The van der Waals surface area contributed by atoms with Crippen molar-refractivity contribution < 1.29 is 18.7 Å². The van der Waals surface area contributed by atoms with Crippen LogP contribution in [0.25, 0.3) is 0 Å². The van der Waals surface area contributed by atoms with Crippen LogP contribution in [0.4, 0.5) is 0 Å². The average molecular weight is 330 g/mol. The van der Waals surface area contributed by atoms with Gasteiger partial charge in [0.2, 0.25) is 5.91 Å². The van der Waals surface area contributed by atoms with E-state index in [1.54, 1.807) is 18.0 Å². The molecule has 6 heteroatoms. The van der Waals surface area contributed by atoms with Crippen molar-refractivity contribution in [3.8, 4) is 5.75 Å². The van der Waals surface area contributed by atoms with Crippen molar-refractivity contribution in [1.29, 1.82) is 0 Å². The molecule has 0 fully saturated rings. The molecule has 0 saturated carbocycles. The summed E-state index contributed by atoms with van der Waals surface area (Å²) in [6, 6.07) is 9.33.